The first kappa shape index (κ1) is 10.1. The minimum Gasteiger partial charge on any atom is -0.319 e. The summed E-state index contributed by atoms with van der Waals surface area (Å²) in [6.07, 6.45) is 2.19. The van der Waals surface area contributed by atoms with E-state index < -0.39 is 0 Å². The van der Waals surface area contributed by atoms with Crippen LogP contribution in [0.4, 0.5) is 0 Å². The van der Waals surface area contributed by atoms with Gasteiger partial charge in [-0.1, -0.05) is 0 Å². The highest BCUT2D eigenvalue weighted by Gasteiger charge is 2.17. The zero-order valence-electron chi connectivity index (χ0n) is 8.84. The van der Waals surface area contributed by atoms with Crippen molar-refractivity contribution in [3.05, 3.63) is 15.6 Å². The van der Waals surface area contributed by atoms with Gasteiger partial charge in [0, 0.05) is 37.4 Å². The maximum absolute atomic E-state index is 4.67. The van der Waals surface area contributed by atoms with Crippen molar-refractivity contribution in [1.29, 1.82) is 0 Å². The first-order valence-electron chi connectivity index (χ1n) is 5.10. The van der Waals surface area contributed by atoms with E-state index in [-0.39, 0.29) is 0 Å². The molecule has 0 aliphatic carbocycles. The Kier molecular flexibility index (Phi) is 3.15. The van der Waals surface area contributed by atoms with Crippen molar-refractivity contribution in [3.8, 4) is 0 Å². The molecule has 2 heterocycles. The van der Waals surface area contributed by atoms with Crippen LogP contribution in [-0.2, 0) is 19.4 Å². The van der Waals surface area contributed by atoms with Crippen LogP contribution in [0.1, 0.15) is 15.6 Å². The molecule has 0 saturated carbocycles. The van der Waals surface area contributed by atoms with Gasteiger partial charge in [0.15, 0.2) is 0 Å². The molecule has 3 nitrogen and oxygen atoms in total. The van der Waals surface area contributed by atoms with E-state index in [4.69, 9.17) is 0 Å². The van der Waals surface area contributed by atoms with E-state index in [1.807, 2.05) is 18.4 Å². The van der Waals surface area contributed by atoms with Gasteiger partial charge in [-0.2, -0.15) is 0 Å². The normalized spacial score (nSPS) is 17.0. The summed E-state index contributed by atoms with van der Waals surface area (Å²) in [6, 6.07) is 0. The topological polar surface area (TPSA) is 28.2 Å². The first-order chi connectivity index (χ1) is 6.79. The van der Waals surface area contributed by atoms with E-state index in [9.17, 15) is 0 Å². The lowest BCUT2D eigenvalue weighted by Crippen LogP contribution is -2.25. The number of rotatable bonds is 3. The van der Waals surface area contributed by atoms with E-state index >= 15 is 0 Å². The van der Waals surface area contributed by atoms with Gasteiger partial charge >= 0.3 is 0 Å². The number of nitrogens with zero attached hydrogens (tertiary/aromatic N) is 2. The molecule has 0 amide bonds. The molecule has 4 heteroatoms. The number of hydrogen-bond donors (Lipinski definition) is 1. The van der Waals surface area contributed by atoms with Crippen LogP contribution in [0.15, 0.2) is 0 Å². The molecule has 1 aliphatic heterocycles. The minimum atomic E-state index is 1.03. The van der Waals surface area contributed by atoms with Gasteiger partial charge in [0.2, 0.25) is 0 Å². The fraction of sp³-hybridized carbons (Fsp3) is 0.700. The SMILES string of the molecule is CNCCc1nc2c(s1)CN(C)CC2. The van der Waals surface area contributed by atoms with Crippen LogP contribution in [-0.4, -0.2) is 37.1 Å². The highest BCUT2D eigenvalue weighted by Crippen LogP contribution is 2.24. The Morgan fingerprint density at radius 1 is 1.57 bits per heavy atom. The third-order valence-electron chi connectivity index (χ3n) is 2.56. The molecular weight excluding hydrogens is 194 g/mol. The quantitative estimate of drug-likeness (QED) is 0.805. The van der Waals surface area contributed by atoms with Gasteiger partial charge in [-0.05, 0) is 14.1 Å². The van der Waals surface area contributed by atoms with Crippen molar-refractivity contribution < 1.29 is 0 Å². The minimum absolute atomic E-state index is 1.03. The van der Waals surface area contributed by atoms with Gasteiger partial charge in [0.1, 0.15) is 0 Å². The fourth-order valence-electron chi connectivity index (χ4n) is 1.72. The van der Waals surface area contributed by atoms with Crippen molar-refractivity contribution >= 4 is 11.3 Å². The van der Waals surface area contributed by atoms with E-state index in [2.05, 4.69) is 22.2 Å². The molecule has 14 heavy (non-hydrogen) atoms. The second-order valence-corrected chi connectivity index (χ2v) is 4.99. The van der Waals surface area contributed by atoms with Crippen LogP contribution >= 0.6 is 11.3 Å². The summed E-state index contributed by atoms with van der Waals surface area (Å²) in [5, 5.41) is 4.45. The van der Waals surface area contributed by atoms with Crippen molar-refractivity contribution in [1.82, 2.24) is 15.2 Å². The Morgan fingerprint density at radius 3 is 3.21 bits per heavy atom. The lowest BCUT2D eigenvalue weighted by molar-refractivity contribution is 0.314. The second-order valence-electron chi connectivity index (χ2n) is 3.82. The summed E-state index contributed by atoms with van der Waals surface area (Å²) in [7, 11) is 4.16. The van der Waals surface area contributed by atoms with Crippen molar-refractivity contribution in [2.45, 2.75) is 19.4 Å². The molecular formula is C10H17N3S. The Labute approximate surface area is 89.1 Å². The van der Waals surface area contributed by atoms with E-state index in [1.54, 1.807) is 0 Å². The zero-order valence-corrected chi connectivity index (χ0v) is 9.65. The predicted octanol–water partition coefficient (Wildman–Crippen LogP) is 0.893. The van der Waals surface area contributed by atoms with Crippen LogP contribution in [0.3, 0.4) is 0 Å². The molecule has 0 bridgehead atoms. The lowest BCUT2D eigenvalue weighted by atomic mass is 10.2. The maximum atomic E-state index is 4.67. The number of hydrogen-bond acceptors (Lipinski definition) is 4. The zero-order chi connectivity index (χ0) is 9.97. The van der Waals surface area contributed by atoms with Gasteiger partial charge in [-0.15, -0.1) is 11.3 Å². The molecule has 0 aromatic carbocycles. The second kappa shape index (κ2) is 4.38. The highest BCUT2D eigenvalue weighted by atomic mass is 32.1. The summed E-state index contributed by atoms with van der Waals surface area (Å²) in [4.78, 5) is 8.51. The Morgan fingerprint density at radius 2 is 2.43 bits per heavy atom. The van der Waals surface area contributed by atoms with E-state index in [0.717, 1.165) is 32.5 Å². The molecule has 0 atom stereocenters. The molecule has 0 radical (unpaired) electrons. The summed E-state index contributed by atoms with van der Waals surface area (Å²) < 4.78 is 0. The monoisotopic (exact) mass is 211 g/mol. The van der Waals surface area contributed by atoms with Gasteiger partial charge in [0.25, 0.3) is 0 Å². The van der Waals surface area contributed by atoms with Gasteiger partial charge < -0.3 is 10.2 Å². The number of aromatic nitrogens is 1. The Bertz CT molecular complexity index is 308. The van der Waals surface area contributed by atoms with Crippen molar-refractivity contribution in [2.24, 2.45) is 0 Å². The predicted molar refractivity (Wildman–Crippen MR) is 59.8 cm³/mol. The van der Waals surface area contributed by atoms with Gasteiger partial charge in [0.05, 0.1) is 10.7 Å². The molecule has 0 saturated heterocycles. The van der Waals surface area contributed by atoms with Crippen LogP contribution in [0.5, 0.6) is 0 Å². The number of nitrogens with one attached hydrogen (secondary N) is 1. The third-order valence-corrected chi connectivity index (χ3v) is 3.70. The largest absolute Gasteiger partial charge is 0.319 e. The van der Waals surface area contributed by atoms with Gasteiger partial charge in [-0.25, -0.2) is 4.98 Å². The molecule has 0 spiro atoms. The first-order valence-corrected chi connectivity index (χ1v) is 5.92. The van der Waals surface area contributed by atoms with E-state index in [0.29, 0.717) is 0 Å². The summed E-state index contributed by atoms with van der Waals surface area (Å²) in [6.45, 7) is 3.27. The number of likely N-dealkylation sites (N-methyl/N-ethyl adjacent to an activating group) is 2. The van der Waals surface area contributed by atoms with Crippen LogP contribution in [0.2, 0.25) is 0 Å². The highest BCUT2D eigenvalue weighted by molar-refractivity contribution is 7.11. The molecule has 78 valence electrons. The molecule has 0 unspecified atom stereocenters. The number of thiazole rings is 1. The third kappa shape index (κ3) is 2.13. The standard InChI is InChI=1S/C10H17N3S/c1-11-5-3-10-12-8-4-6-13(2)7-9(8)14-10/h11H,3-7H2,1-2H3. The molecule has 1 aliphatic rings. The fourth-order valence-corrected chi connectivity index (χ4v) is 2.91. The van der Waals surface area contributed by atoms with E-state index in [1.165, 1.54) is 15.6 Å². The Hall–Kier alpha value is -0.450. The van der Waals surface area contributed by atoms with Crippen LogP contribution in [0, 0.1) is 0 Å². The molecule has 1 aromatic heterocycles. The molecule has 2 rings (SSSR count). The average Bonchev–Trinajstić information content (AvgIpc) is 2.56. The molecule has 1 aromatic rings. The number of fused-ring (bicyclic) bond motifs is 1. The smallest absolute Gasteiger partial charge is 0.0944 e. The summed E-state index contributed by atoms with van der Waals surface area (Å²) in [5.74, 6) is 0. The van der Waals surface area contributed by atoms with Crippen LogP contribution in [0.25, 0.3) is 0 Å². The molecule has 0 fully saturated rings. The lowest BCUT2D eigenvalue weighted by Gasteiger charge is -2.20. The van der Waals surface area contributed by atoms with Crippen molar-refractivity contribution in [2.75, 3.05) is 27.2 Å². The van der Waals surface area contributed by atoms with Gasteiger partial charge in [-0.3, -0.25) is 0 Å². The summed E-state index contributed by atoms with van der Waals surface area (Å²) in [5.41, 5.74) is 1.35. The summed E-state index contributed by atoms with van der Waals surface area (Å²) >= 11 is 1.89. The average molecular weight is 211 g/mol. The molecule has 1 N–H and O–H groups in total. The van der Waals surface area contributed by atoms with Crippen molar-refractivity contribution in [3.63, 3.8) is 0 Å². The maximum Gasteiger partial charge on any atom is 0.0944 e. The Balaban J connectivity index is 2.07. The van der Waals surface area contributed by atoms with Crippen LogP contribution < -0.4 is 5.32 Å².